The molecule has 0 atom stereocenters. The normalized spacial score (nSPS) is 10.1. The molecular formula is C16H14O2. The fraction of sp³-hybridized carbons (Fsp3) is 0.125. The Labute approximate surface area is 106 Å². The maximum Gasteiger partial charge on any atom is 0.150 e. The zero-order chi connectivity index (χ0) is 13.1. The summed E-state index contributed by atoms with van der Waals surface area (Å²) in [7, 11) is 0. The summed E-state index contributed by atoms with van der Waals surface area (Å²) in [6, 6.07) is 11.2. The standard InChI is InChI=1S/C16H14O2/c1-11-7-13(9-17)3-5-15(11)16-6-4-14(10-18)8-12(16)2/h3-10H,1-2H3. The van der Waals surface area contributed by atoms with Gasteiger partial charge in [0.15, 0.2) is 0 Å². The van der Waals surface area contributed by atoms with Gasteiger partial charge in [-0.25, -0.2) is 0 Å². The van der Waals surface area contributed by atoms with E-state index in [0.717, 1.165) is 34.8 Å². The first-order valence-corrected chi connectivity index (χ1v) is 5.77. The number of rotatable bonds is 3. The van der Waals surface area contributed by atoms with Crippen LogP contribution in [0.5, 0.6) is 0 Å². The van der Waals surface area contributed by atoms with Crippen LogP contribution < -0.4 is 0 Å². The van der Waals surface area contributed by atoms with Crippen LogP contribution in [-0.2, 0) is 0 Å². The molecule has 0 aromatic heterocycles. The molecule has 0 aliphatic rings. The van der Waals surface area contributed by atoms with Crippen LogP contribution in [0.4, 0.5) is 0 Å². The predicted octanol–water partition coefficient (Wildman–Crippen LogP) is 3.60. The van der Waals surface area contributed by atoms with Gasteiger partial charge in [-0.3, -0.25) is 9.59 Å². The number of hydrogen-bond acceptors (Lipinski definition) is 2. The second kappa shape index (κ2) is 4.96. The average molecular weight is 238 g/mol. The number of aryl methyl sites for hydroxylation is 2. The van der Waals surface area contributed by atoms with Crippen molar-refractivity contribution in [2.75, 3.05) is 0 Å². The lowest BCUT2D eigenvalue weighted by molar-refractivity contribution is 0.111. The Morgan fingerprint density at radius 2 is 1.11 bits per heavy atom. The van der Waals surface area contributed by atoms with E-state index in [1.54, 1.807) is 0 Å². The number of carbonyl (C=O) groups is 2. The summed E-state index contributed by atoms with van der Waals surface area (Å²) in [6.07, 6.45) is 1.69. The SMILES string of the molecule is Cc1cc(C=O)ccc1-c1ccc(C=O)cc1C. The van der Waals surface area contributed by atoms with E-state index < -0.39 is 0 Å². The molecule has 90 valence electrons. The van der Waals surface area contributed by atoms with E-state index in [4.69, 9.17) is 0 Å². The van der Waals surface area contributed by atoms with Crippen molar-refractivity contribution in [3.63, 3.8) is 0 Å². The van der Waals surface area contributed by atoms with Crippen molar-refractivity contribution in [1.82, 2.24) is 0 Å². The topological polar surface area (TPSA) is 34.1 Å². The van der Waals surface area contributed by atoms with Gasteiger partial charge in [0.2, 0.25) is 0 Å². The first-order chi connectivity index (χ1) is 8.65. The summed E-state index contributed by atoms with van der Waals surface area (Å²) >= 11 is 0. The molecule has 0 saturated heterocycles. The van der Waals surface area contributed by atoms with Crippen LogP contribution in [0.2, 0.25) is 0 Å². The van der Waals surface area contributed by atoms with E-state index in [9.17, 15) is 9.59 Å². The summed E-state index contributed by atoms with van der Waals surface area (Å²) in [5.74, 6) is 0. The third-order valence-corrected chi connectivity index (χ3v) is 3.06. The fourth-order valence-electron chi connectivity index (χ4n) is 2.12. The quantitative estimate of drug-likeness (QED) is 0.766. The summed E-state index contributed by atoms with van der Waals surface area (Å²) < 4.78 is 0. The van der Waals surface area contributed by atoms with Gasteiger partial charge in [-0.15, -0.1) is 0 Å². The molecule has 0 radical (unpaired) electrons. The van der Waals surface area contributed by atoms with Crippen molar-refractivity contribution in [2.45, 2.75) is 13.8 Å². The zero-order valence-electron chi connectivity index (χ0n) is 10.4. The lowest BCUT2D eigenvalue weighted by Crippen LogP contribution is -1.91. The molecule has 0 heterocycles. The van der Waals surface area contributed by atoms with Gasteiger partial charge in [0.05, 0.1) is 0 Å². The van der Waals surface area contributed by atoms with Crippen molar-refractivity contribution < 1.29 is 9.59 Å². The smallest absolute Gasteiger partial charge is 0.150 e. The average Bonchev–Trinajstić information content (AvgIpc) is 2.39. The van der Waals surface area contributed by atoms with Crippen molar-refractivity contribution >= 4 is 12.6 Å². The molecule has 0 N–H and O–H groups in total. The highest BCUT2D eigenvalue weighted by molar-refractivity contribution is 5.81. The van der Waals surface area contributed by atoms with Crippen LogP contribution in [-0.4, -0.2) is 12.6 Å². The molecule has 0 aliphatic heterocycles. The van der Waals surface area contributed by atoms with Crippen LogP contribution in [0.3, 0.4) is 0 Å². The minimum atomic E-state index is 0.679. The fourth-order valence-corrected chi connectivity index (χ4v) is 2.12. The van der Waals surface area contributed by atoms with Crippen LogP contribution in [0.1, 0.15) is 31.8 Å². The van der Waals surface area contributed by atoms with Crippen LogP contribution >= 0.6 is 0 Å². The van der Waals surface area contributed by atoms with Gasteiger partial charge in [0.1, 0.15) is 12.6 Å². The van der Waals surface area contributed by atoms with Crippen molar-refractivity contribution in [1.29, 1.82) is 0 Å². The second-order valence-corrected chi connectivity index (χ2v) is 4.38. The van der Waals surface area contributed by atoms with Crippen molar-refractivity contribution in [3.05, 3.63) is 58.7 Å². The summed E-state index contributed by atoms with van der Waals surface area (Å²) in [4.78, 5) is 21.4. The number of aldehydes is 2. The van der Waals surface area contributed by atoms with Gasteiger partial charge < -0.3 is 0 Å². The Morgan fingerprint density at radius 1 is 0.722 bits per heavy atom. The molecule has 0 saturated carbocycles. The maximum atomic E-state index is 10.7. The molecule has 0 amide bonds. The van der Waals surface area contributed by atoms with Crippen molar-refractivity contribution in [3.8, 4) is 11.1 Å². The first-order valence-electron chi connectivity index (χ1n) is 5.77. The van der Waals surface area contributed by atoms with E-state index in [1.807, 2.05) is 50.2 Å². The van der Waals surface area contributed by atoms with Gasteiger partial charge in [0, 0.05) is 11.1 Å². The zero-order valence-corrected chi connectivity index (χ0v) is 10.4. The molecule has 2 heteroatoms. The van der Waals surface area contributed by atoms with E-state index in [1.165, 1.54) is 0 Å². The van der Waals surface area contributed by atoms with Gasteiger partial charge in [0.25, 0.3) is 0 Å². The molecule has 0 unspecified atom stereocenters. The Morgan fingerprint density at radius 3 is 1.39 bits per heavy atom. The highest BCUT2D eigenvalue weighted by atomic mass is 16.1. The first kappa shape index (κ1) is 12.2. The molecule has 0 aliphatic carbocycles. The van der Waals surface area contributed by atoms with Gasteiger partial charge in [-0.2, -0.15) is 0 Å². The summed E-state index contributed by atoms with van der Waals surface area (Å²) in [6.45, 7) is 3.96. The van der Waals surface area contributed by atoms with E-state index in [-0.39, 0.29) is 0 Å². The van der Waals surface area contributed by atoms with E-state index in [0.29, 0.717) is 11.1 Å². The van der Waals surface area contributed by atoms with Gasteiger partial charge in [-0.1, -0.05) is 24.3 Å². The molecule has 0 spiro atoms. The second-order valence-electron chi connectivity index (χ2n) is 4.38. The lowest BCUT2D eigenvalue weighted by Gasteiger charge is -2.10. The van der Waals surface area contributed by atoms with Crippen LogP contribution in [0.25, 0.3) is 11.1 Å². The molecular weight excluding hydrogens is 224 g/mol. The number of hydrogen-bond donors (Lipinski definition) is 0. The third kappa shape index (κ3) is 2.23. The Kier molecular flexibility index (Phi) is 3.38. The van der Waals surface area contributed by atoms with Gasteiger partial charge >= 0.3 is 0 Å². The molecule has 2 rings (SSSR count). The molecule has 0 fully saturated rings. The van der Waals surface area contributed by atoms with Crippen LogP contribution in [0, 0.1) is 13.8 Å². The summed E-state index contributed by atoms with van der Waals surface area (Å²) in [5.41, 5.74) is 5.66. The van der Waals surface area contributed by atoms with E-state index in [2.05, 4.69) is 0 Å². The maximum absolute atomic E-state index is 10.7. The minimum Gasteiger partial charge on any atom is -0.298 e. The Hall–Kier alpha value is -2.22. The highest BCUT2D eigenvalue weighted by Crippen LogP contribution is 2.27. The molecule has 18 heavy (non-hydrogen) atoms. The molecule has 2 aromatic carbocycles. The van der Waals surface area contributed by atoms with Gasteiger partial charge in [-0.05, 0) is 48.2 Å². The number of carbonyl (C=O) groups excluding carboxylic acids is 2. The Balaban J connectivity index is 2.55. The lowest BCUT2D eigenvalue weighted by atomic mass is 9.94. The molecule has 2 aromatic rings. The summed E-state index contributed by atoms with van der Waals surface area (Å²) in [5, 5.41) is 0. The highest BCUT2D eigenvalue weighted by Gasteiger charge is 2.06. The van der Waals surface area contributed by atoms with Crippen LogP contribution in [0.15, 0.2) is 36.4 Å². The largest absolute Gasteiger partial charge is 0.298 e. The third-order valence-electron chi connectivity index (χ3n) is 3.06. The minimum absolute atomic E-state index is 0.679. The number of benzene rings is 2. The van der Waals surface area contributed by atoms with Crippen molar-refractivity contribution in [2.24, 2.45) is 0 Å². The molecule has 0 bridgehead atoms. The molecule has 2 nitrogen and oxygen atoms in total. The predicted molar refractivity (Wildman–Crippen MR) is 72.1 cm³/mol. The Bertz CT molecular complexity index is 557. The monoisotopic (exact) mass is 238 g/mol. The van der Waals surface area contributed by atoms with E-state index >= 15 is 0 Å².